The van der Waals surface area contributed by atoms with Gasteiger partial charge in [-0.05, 0) is 32.4 Å². The van der Waals surface area contributed by atoms with Crippen LogP contribution in [0.3, 0.4) is 0 Å². The third-order valence-electron chi connectivity index (χ3n) is 3.30. The van der Waals surface area contributed by atoms with Crippen LogP contribution in [0.25, 0.3) is 0 Å². The first-order chi connectivity index (χ1) is 8.16. The van der Waals surface area contributed by atoms with Crippen LogP contribution < -0.4 is 10.9 Å². The molecular weight excluding hydrogens is 216 g/mol. The van der Waals surface area contributed by atoms with Crippen molar-refractivity contribution in [2.75, 3.05) is 32.0 Å². The van der Waals surface area contributed by atoms with Crippen LogP contribution in [-0.2, 0) is 7.05 Å². The fraction of sp³-hybridized carbons (Fsp3) is 0.667. The van der Waals surface area contributed by atoms with Gasteiger partial charge < -0.3 is 14.8 Å². The second-order valence-corrected chi connectivity index (χ2v) is 4.84. The Balaban J connectivity index is 1.93. The van der Waals surface area contributed by atoms with Crippen LogP contribution in [0.5, 0.6) is 0 Å². The molecule has 17 heavy (non-hydrogen) atoms. The van der Waals surface area contributed by atoms with Crippen LogP contribution in [0.4, 0.5) is 5.82 Å². The largest absolute Gasteiger partial charge is 0.365 e. The number of aromatic nitrogens is 2. The lowest BCUT2D eigenvalue weighted by Gasteiger charge is -2.29. The van der Waals surface area contributed by atoms with Gasteiger partial charge in [0.1, 0.15) is 0 Å². The number of hydrogen-bond donors (Lipinski definition) is 1. The standard InChI is InChI=1S/C12H20N4O/c1-15-6-3-4-10(9-15)8-14-11-12(17)16(2)7-5-13-11/h5,7,10H,3-4,6,8-9H2,1-2H3,(H,13,14). The predicted octanol–water partition coefficient (Wildman–Crippen LogP) is 0.534. The zero-order valence-electron chi connectivity index (χ0n) is 10.5. The van der Waals surface area contributed by atoms with Gasteiger partial charge in [-0.2, -0.15) is 0 Å². The van der Waals surface area contributed by atoms with Gasteiger partial charge >= 0.3 is 0 Å². The Kier molecular flexibility index (Phi) is 3.78. The van der Waals surface area contributed by atoms with E-state index in [0.29, 0.717) is 11.7 Å². The average molecular weight is 236 g/mol. The van der Waals surface area contributed by atoms with E-state index in [1.165, 1.54) is 19.4 Å². The van der Waals surface area contributed by atoms with Crippen molar-refractivity contribution in [1.29, 1.82) is 0 Å². The number of piperidine rings is 1. The summed E-state index contributed by atoms with van der Waals surface area (Å²) in [6.45, 7) is 3.11. The summed E-state index contributed by atoms with van der Waals surface area (Å²) in [5.74, 6) is 1.07. The SMILES string of the molecule is CN1CCCC(CNc2nccn(C)c2=O)C1. The van der Waals surface area contributed by atoms with E-state index in [2.05, 4.69) is 22.2 Å². The molecule has 1 aliphatic heterocycles. The molecule has 94 valence electrons. The number of likely N-dealkylation sites (tertiary alicyclic amines) is 1. The first-order valence-corrected chi connectivity index (χ1v) is 6.11. The second-order valence-electron chi connectivity index (χ2n) is 4.84. The molecule has 1 unspecified atom stereocenters. The summed E-state index contributed by atoms with van der Waals surface area (Å²) in [5, 5.41) is 3.17. The fourth-order valence-electron chi connectivity index (χ4n) is 2.30. The minimum Gasteiger partial charge on any atom is -0.365 e. The third kappa shape index (κ3) is 3.06. The molecule has 2 heterocycles. The number of hydrogen-bond acceptors (Lipinski definition) is 4. The molecule has 1 aliphatic rings. The van der Waals surface area contributed by atoms with Crippen molar-refractivity contribution in [3.63, 3.8) is 0 Å². The normalized spacial score (nSPS) is 21.4. The molecule has 2 rings (SSSR count). The third-order valence-corrected chi connectivity index (χ3v) is 3.30. The van der Waals surface area contributed by atoms with Crippen LogP contribution >= 0.6 is 0 Å². The lowest BCUT2D eigenvalue weighted by Crippen LogP contribution is -2.36. The number of anilines is 1. The Hall–Kier alpha value is -1.36. The molecule has 0 radical (unpaired) electrons. The van der Waals surface area contributed by atoms with Gasteiger partial charge in [-0.1, -0.05) is 0 Å². The van der Waals surface area contributed by atoms with E-state index in [-0.39, 0.29) is 5.56 Å². The van der Waals surface area contributed by atoms with Crippen molar-refractivity contribution in [2.45, 2.75) is 12.8 Å². The van der Waals surface area contributed by atoms with Crippen molar-refractivity contribution >= 4 is 5.82 Å². The Morgan fingerprint density at radius 1 is 1.53 bits per heavy atom. The summed E-state index contributed by atoms with van der Waals surface area (Å²) in [6.07, 6.45) is 5.78. The van der Waals surface area contributed by atoms with Gasteiger partial charge in [0.15, 0.2) is 5.82 Å². The van der Waals surface area contributed by atoms with E-state index in [1.54, 1.807) is 24.0 Å². The number of nitrogens with zero attached hydrogens (tertiary/aromatic N) is 3. The van der Waals surface area contributed by atoms with Gasteiger partial charge in [-0.15, -0.1) is 0 Å². The lowest BCUT2D eigenvalue weighted by molar-refractivity contribution is 0.217. The Morgan fingerprint density at radius 3 is 3.12 bits per heavy atom. The Labute approximate surface area is 101 Å². The molecule has 0 amide bonds. The smallest absolute Gasteiger partial charge is 0.293 e. The Bertz CT molecular complexity index is 429. The van der Waals surface area contributed by atoms with E-state index in [9.17, 15) is 4.79 Å². The number of rotatable bonds is 3. The van der Waals surface area contributed by atoms with Crippen molar-refractivity contribution in [3.8, 4) is 0 Å². The first-order valence-electron chi connectivity index (χ1n) is 6.11. The van der Waals surface area contributed by atoms with Crippen molar-refractivity contribution in [3.05, 3.63) is 22.7 Å². The summed E-state index contributed by atoms with van der Waals surface area (Å²) < 4.78 is 1.54. The van der Waals surface area contributed by atoms with E-state index in [0.717, 1.165) is 13.1 Å². The van der Waals surface area contributed by atoms with Crippen molar-refractivity contribution < 1.29 is 0 Å². The molecule has 1 aromatic rings. The van der Waals surface area contributed by atoms with Gasteiger partial charge in [0.2, 0.25) is 0 Å². The maximum atomic E-state index is 11.7. The maximum absolute atomic E-state index is 11.7. The molecule has 1 fully saturated rings. The molecular formula is C12H20N4O. The van der Waals surface area contributed by atoms with E-state index in [4.69, 9.17) is 0 Å². The van der Waals surface area contributed by atoms with Crippen LogP contribution in [0.15, 0.2) is 17.2 Å². The molecule has 5 nitrogen and oxygen atoms in total. The lowest BCUT2D eigenvalue weighted by atomic mass is 9.98. The quantitative estimate of drug-likeness (QED) is 0.832. The molecule has 5 heteroatoms. The molecule has 1 saturated heterocycles. The molecule has 1 N–H and O–H groups in total. The van der Waals surface area contributed by atoms with Gasteiger partial charge in [0.05, 0.1) is 0 Å². The fourth-order valence-corrected chi connectivity index (χ4v) is 2.30. The van der Waals surface area contributed by atoms with Gasteiger partial charge in [-0.3, -0.25) is 4.79 Å². The van der Waals surface area contributed by atoms with Crippen LogP contribution in [-0.4, -0.2) is 41.1 Å². The molecule has 0 aliphatic carbocycles. The minimum absolute atomic E-state index is 0.0586. The highest BCUT2D eigenvalue weighted by Crippen LogP contribution is 2.14. The monoisotopic (exact) mass is 236 g/mol. The summed E-state index contributed by atoms with van der Waals surface area (Å²) in [5.41, 5.74) is -0.0586. The highest BCUT2D eigenvalue weighted by atomic mass is 16.1. The predicted molar refractivity (Wildman–Crippen MR) is 68.2 cm³/mol. The van der Waals surface area contributed by atoms with Gasteiger partial charge in [0.25, 0.3) is 5.56 Å². The van der Waals surface area contributed by atoms with E-state index >= 15 is 0 Å². The number of nitrogens with one attached hydrogen (secondary N) is 1. The summed E-state index contributed by atoms with van der Waals surface area (Å²) >= 11 is 0. The van der Waals surface area contributed by atoms with E-state index in [1.807, 2.05) is 0 Å². The summed E-state index contributed by atoms with van der Waals surface area (Å²) in [6, 6.07) is 0. The molecule has 1 atom stereocenters. The highest BCUT2D eigenvalue weighted by Gasteiger charge is 2.17. The molecule has 0 saturated carbocycles. The van der Waals surface area contributed by atoms with E-state index < -0.39 is 0 Å². The molecule has 1 aromatic heterocycles. The molecule has 0 aromatic carbocycles. The second kappa shape index (κ2) is 5.31. The van der Waals surface area contributed by atoms with Crippen molar-refractivity contribution in [1.82, 2.24) is 14.5 Å². The van der Waals surface area contributed by atoms with Crippen molar-refractivity contribution in [2.24, 2.45) is 13.0 Å². The maximum Gasteiger partial charge on any atom is 0.293 e. The average Bonchev–Trinajstić information content (AvgIpc) is 2.31. The van der Waals surface area contributed by atoms with Crippen LogP contribution in [0.1, 0.15) is 12.8 Å². The number of aryl methyl sites for hydroxylation is 1. The summed E-state index contributed by atoms with van der Waals surface area (Å²) in [4.78, 5) is 18.2. The van der Waals surface area contributed by atoms with Crippen LogP contribution in [0.2, 0.25) is 0 Å². The van der Waals surface area contributed by atoms with Crippen LogP contribution in [0, 0.1) is 5.92 Å². The summed E-state index contributed by atoms with van der Waals surface area (Å²) in [7, 11) is 3.88. The zero-order chi connectivity index (χ0) is 12.3. The molecule has 0 spiro atoms. The Morgan fingerprint density at radius 2 is 2.35 bits per heavy atom. The zero-order valence-corrected chi connectivity index (χ0v) is 10.5. The molecule has 0 bridgehead atoms. The first kappa shape index (κ1) is 12.1. The van der Waals surface area contributed by atoms with Gasteiger partial charge in [-0.25, -0.2) is 4.98 Å². The highest BCUT2D eigenvalue weighted by molar-refractivity contribution is 5.30. The topological polar surface area (TPSA) is 50.2 Å². The van der Waals surface area contributed by atoms with Gasteiger partial charge in [0, 0.05) is 32.5 Å². The minimum atomic E-state index is -0.0586.